The normalized spacial score (nSPS) is 16.3. The zero-order valence-corrected chi connectivity index (χ0v) is 22.0. The highest BCUT2D eigenvalue weighted by Gasteiger charge is 2.31. The molecule has 1 saturated heterocycles. The molecule has 2 aromatic carbocycles. The highest BCUT2D eigenvalue weighted by molar-refractivity contribution is 7.89. The van der Waals surface area contributed by atoms with Crippen LogP contribution in [0, 0.1) is 20.8 Å². The van der Waals surface area contributed by atoms with E-state index in [1.807, 2.05) is 12.1 Å². The van der Waals surface area contributed by atoms with E-state index >= 15 is 0 Å². The van der Waals surface area contributed by atoms with Gasteiger partial charge in [-0.1, -0.05) is 6.07 Å². The SMILES string of the molecule is CC(=O)N1CCc2cc(S(=O)(=O)N3CCN(c4ccc(-c5cc(C)c(C)cc5C)nn4)CC3)ccc21. The molecule has 9 heteroatoms. The summed E-state index contributed by atoms with van der Waals surface area (Å²) in [5.41, 5.74) is 7.27. The molecule has 36 heavy (non-hydrogen) atoms. The fourth-order valence-electron chi connectivity index (χ4n) is 5.05. The van der Waals surface area contributed by atoms with Crippen molar-refractivity contribution in [1.82, 2.24) is 14.5 Å². The molecule has 8 nitrogen and oxygen atoms in total. The first-order chi connectivity index (χ1) is 17.1. The lowest BCUT2D eigenvalue weighted by Crippen LogP contribution is -2.49. The van der Waals surface area contributed by atoms with Crippen molar-refractivity contribution in [2.75, 3.05) is 42.5 Å². The number of piperazine rings is 1. The van der Waals surface area contributed by atoms with Crippen molar-refractivity contribution in [3.8, 4) is 11.3 Å². The molecule has 0 atom stereocenters. The minimum Gasteiger partial charge on any atom is -0.352 e. The summed E-state index contributed by atoms with van der Waals surface area (Å²) in [5.74, 6) is 0.722. The van der Waals surface area contributed by atoms with E-state index in [-0.39, 0.29) is 10.8 Å². The summed E-state index contributed by atoms with van der Waals surface area (Å²) < 4.78 is 28.2. The van der Waals surface area contributed by atoms with Gasteiger partial charge in [-0.15, -0.1) is 10.2 Å². The number of aryl methyl sites for hydroxylation is 3. The van der Waals surface area contributed by atoms with Gasteiger partial charge in [-0.05, 0) is 85.8 Å². The summed E-state index contributed by atoms with van der Waals surface area (Å²) in [7, 11) is -3.61. The quantitative estimate of drug-likeness (QED) is 0.540. The maximum absolute atomic E-state index is 13.3. The van der Waals surface area contributed by atoms with Crippen molar-refractivity contribution in [2.24, 2.45) is 0 Å². The number of anilines is 2. The summed E-state index contributed by atoms with van der Waals surface area (Å²) in [6.07, 6.45) is 0.669. The Hall–Kier alpha value is -3.30. The molecule has 3 heterocycles. The Kier molecular flexibility index (Phi) is 6.30. The van der Waals surface area contributed by atoms with Crippen molar-refractivity contribution < 1.29 is 13.2 Å². The molecular weight excluding hydrogens is 474 g/mol. The van der Waals surface area contributed by atoms with E-state index in [0.29, 0.717) is 39.1 Å². The van der Waals surface area contributed by atoms with E-state index in [9.17, 15) is 13.2 Å². The molecule has 1 aromatic heterocycles. The molecule has 0 saturated carbocycles. The van der Waals surface area contributed by atoms with Gasteiger partial charge in [-0.25, -0.2) is 8.42 Å². The van der Waals surface area contributed by atoms with Crippen LogP contribution in [0.4, 0.5) is 11.5 Å². The summed E-state index contributed by atoms with van der Waals surface area (Å²) in [6.45, 7) is 10.2. The van der Waals surface area contributed by atoms with Crippen LogP contribution < -0.4 is 9.80 Å². The second kappa shape index (κ2) is 9.29. The first-order valence-corrected chi connectivity index (χ1v) is 13.7. The van der Waals surface area contributed by atoms with Crippen molar-refractivity contribution in [3.05, 3.63) is 64.7 Å². The van der Waals surface area contributed by atoms with E-state index in [1.165, 1.54) is 27.9 Å². The molecule has 0 N–H and O–H groups in total. The second-order valence-electron chi connectivity index (χ2n) is 9.63. The molecule has 1 amide bonds. The number of rotatable bonds is 4. The first-order valence-electron chi connectivity index (χ1n) is 12.2. The summed E-state index contributed by atoms with van der Waals surface area (Å²) >= 11 is 0. The minimum absolute atomic E-state index is 0.0271. The van der Waals surface area contributed by atoms with Gasteiger partial charge in [0.05, 0.1) is 10.6 Å². The number of carbonyl (C=O) groups is 1. The Morgan fingerprint density at radius 3 is 2.22 bits per heavy atom. The highest BCUT2D eigenvalue weighted by Crippen LogP contribution is 2.32. The number of hydrogen-bond acceptors (Lipinski definition) is 6. The third kappa shape index (κ3) is 4.37. The molecular formula is C27H31N5O3S. The number of aromatic nitrogens is 2. The average molecular weight is 506 g/mol. The van der Waals surface area contributed by atoms with Gasteiger partial charge < -0.3 is 9.80 Å². The topological polar surface area (TPSA) is 86.7 Å². The monoisotopic (exact) mass is 505 g/mol. The van der Waals surface area contributed by atoms with Crippen LogP contribution >= 0.6 is 0 Å². The molecule has 188 valence electrons. The van der Waals surface area contributed by atoms with E-state index in [4.69, 9.17) is 0 Å². The fourth-order valence-corrected chi connectivity index (χ4v) is 6.52. The van der Waals surface area contributed by atoms with Crippen LogP contribution in [0.5, 0.6) is 0 Å². The number of carbonyl (C=O) groups excluding carboxylic acids is 1. The third-order valence-electron chi connectivity index (χ3n) is 7.29. The Labute approximate surface area is 212 Å². The van der Waals surface area contributed by atoms with Crippen LogP contribution in [0.3, 0.4) is 0 Å². The van der Waals surface area contributed by atoms with E-state index in [0.717, 1.165) is 28.3 Å². The number of nitrogens with zero attached hydrogens (tertiary/aromatic N) is 5. The summed E-state index contributed by atoms with van der Waals surface area (Å²) in [5, 5.41) is 8.93. The molecule has 3 aromatic rings. The number of amides is 1. The fraction of sp³-hybridized carbons (Fsp3) is 0.370. The summed E-state index contributed by atoms with van der Waals surface area (Å²) in [6, 6.07) is 13.3. The molecule has 0 unspecified atom stereocenters. The lowest BCUT2D eigenvalue weighted by molar-refractivity contribution is -0.116. The van der Waals surface area contributed by atoms with Crippen molar-refractivity contribution in [2.45, 2.75) is 39.0 Å². The maximum Gasteiger partial charge on any atom is 0.243 e. The largest absolute Gasteiger partial charge is 0.352 e. The molecule has 0 aliphatic carbocycles. The van der Waals surface area contributed by atoms with Crippen LogP contribution in [0.2, 0.25) is 0 Å². The number of sulfonamides is 1. The molecule has 0 spiro atoms. The zero-order chi connectivity index (χ0) is 25.6. The molecule has 2 aliphatic rings. The molecule has 1 fully saturated rings. The standard InChI is InChI=1S/C27H31N5O3S/c1-18-15-20(3)24(16-19(18)2)25-6-8-27(29-28-25)30-11-13-31(14-12-30)36(34,35)23-5-7-26-22(17-23)9-10-32(26)21(4)33/h5-8,15-17H,9-14H2,1-4H3. The van der Waals surface area contributed by atoms with Crippen molar-refractivity contribution in [1.29, 1.82) is 0 Å². The van der Waals surface area contributed by atoms with Crippen LogP contribution in [-0.4, -0.2) is 61.6 Å². The Morgan fingerprint density at radius 1 is 0.833 bits per heavy atom. The van der Waals surface area contributed by atoms with Crippen LogP contribution in [0.1, 0.15) is 29.2 Å². The number of fused-ring (bicyclic) bond motifs is 1. The number of benzene rings is 2. The predicted octanol–water partition coefficient (Wildman–Crippen LogP) is 3.49. The van der Waals surface area contributed by atoms with Crippen molar-refractivity contribution >= 4 is 27.4 Å². The number of hydrogen-bond donors (Lipinski definition) is 0. The maximum atomic E-state index is 13.3. The Balaban J connectivity index is 1.27. The van der Waals surface area contributed by atoms with Crippen LogP contribution in [-0.2, 0) is 21.2 Å². The zero-order valence-electron chi connectivity index (χ0n) is 21.2. The third-order valence-corrected chi connectivity index (χ3v) is 9.19. The predicted molar refractivity (Wildman–Crippen MR) is 141 cm³/mol. The Morgan fingerprint density at radius 2 is 1.56 bits per heavy atom. The molecule has 0 radical (unpaired) electrons. The minimum atomic E-state index is -3.61. The van der Waals surface area contributed by atoms with Crippen LogP contribution in [0.25, 0.3) is 11.3 Å². The lowest BCUT2D eigenvalue weighted by Gasteiger charge is -2.34. The van der Waals surface area contributed by atoms with E-state index in [2.05, 4.69) is 48.0 Å². The van der Waals surface area contributed by atoms with E-state index in [1.54, 1.807) is 23.1 Å². The van der Waals surface area contributed by atoms with Crippen LogP contribution in [0.15, 0.2) is 47.4 Å². The van der Waals surface area contributed by atoms with Gasteiger partial charge in [0.15, 0.2) is 5.82 Å². The molecule has 2 aliphatic heterocycles. The van der Waals surface area contributed by atoms with Gasteiger partial charge in [-0.3, -0.25) is 4.79 Å². The van der Waals surface area contributed by atoms with Gasteiger partial charge in [0.2, 0.25) is 15.9 Å². The van der Waals surface area contributed by atoms with Gasteiger partial charge in [0.25, 0.3) is 0 Å². The van der Waals surface area contributed by atoms with Gasteiger partial charge in [-0.2, -0.15) is 4.31 Å². The van der Waals surface area contributed by atoms with E-state index < -0.39 is 10.0 Å². The average Bonchev–Trinajstić information content (AvgIpc) is 3.30. The smallest absolute Gasteiger partial charge is 0.243 e. The summed E-state index contributed by atoms with van der Waals surface area (Å²) in [4.78, 5) is 15.9. The van der Waals surface area contributed by atoms with Gasteiger partial charge in [0.1, 0.15) is 0 Å². The van der Waals surface area contributed by atoms with Gasteiger partial charge >= 0.3 is 0 Å². The van der Waals surface area contributed by atoms with Gasteiger partial charge in [0, 0.05) is 50.9 Å². The molecule has 0 bridgehead atoms. The first kappa shape index (κ1) is 24.4. The Bertz CT molecular complexity index is 1430. The lowest BCUT2D eigenvalue weighted by atomic mass is 9.99. The highest BCUT2D eigenvalue weighted by atomic mass is 32.2. The second-order valence-corrected chi connectivity index (χ2v) is 11.6. The van der Waals surface area contributed by atoms with Crippen molar-refractivity contribution in [3.63, 3.8) is 0 Å². The molecule has 5 rings (SSSR count).